The quantitative estimate of drug-likeness (QED) is 0.119. The Morgan fingerprint density at radius 2 is 0.534 bits per heavy atom. The minimum Gasteiger partial charge on any atom is -0.355 e. The number of nitrogens with zero attached hydrogens (tertiary/aromatic N) is 4. The fourth-order valence-electron chi connectivity index (χ4n) is 17.7. The number of hydrogen-bond donors (Lipinski definition) is 4. The Morgan fingerprint density at radius 3 is 0.845 bits per heavy atom. The van der Waals surface area contributed by atoms with E-state index in [4.69, 9.17) is 19.9 Å². The summed E-state index contributed by atoms with van der Waals surface area (Å²) in [7, 11) is 0. The summed E-state index contributed by atoms with van der Waals surface area (Å²) < 4.78 is 0. The van der Waals surface area contributed by atoms with Gasteiger partial charge in [-0.1, -0.05) is 180 Å². The lowest BCUT2D eigenvalue weighted by molar-refractivity contribution is -0.124. The summed E-state index contributed by atoms with van der Waals surface area (Å²) in [6, 6.07) is 72.8. The van der Waals surface area contributed by atoms with E-state index < -0.39 is 0 Å². The van der Waals surface area contributed by atoms with Crippen LogP contribution in [0, 0.1) is 63.2 Å². The zero-order chi connectivity index (χ0) is 68.9. The number of aryl methyl sites for hydroxylation is 4. The number of ketones is 2. The molecule has 6 unspecified atom stereocenters. The molecule has 12 aromatic rings. The van der Waals surface area contributed by atoms with Crippen LogP contribution < -0.4 is 0 Å². The summed E-state index contributed by atoms with van der Waals surface area (Å²) in [5.41, 5.74) is 34.3. The lowest BCUT2D eigenvalue weighted by Crippen LogP contribution is -2.35. The van der Waals surface area contributed by atoms with Gasteiger partial charge in [-0.15, -0.1) is 0 Å². The van der Waals surface area contributed by atoms with Gasteiger partial charge in [0, 0.05) is 100 Å². The molecule has 6 aromatic heterocycles. The van der Waals surface area contributed by atoms with Crippen LogP contribution in [0.25, 0.3) is 171 Å². The van der Waals surface area contributed by atoms with E-state index in [9.17, 15) is 0 Å². The van der Waals surface area contributed by atoms with Crippen molar-refractivity contribution >= 4 is 115 Å². The Balaban J connectivity index is 0.642. The predicted molar refractivity (Wildman–Crippen MR) is 421 cm³/mol. The summed E-state index contributed by atoms with van der Waals surface area (Å²) in [4.78, 5) is 67.0. The van der Waals surface area contributed by atoms with Gasteiger partial charge in [0.25, 0.3) is 0 Å². The maximum Gasteiger partial charge on any atom is 0.167 e. The predicted octanol–water partition coefficient (Wildman–Crippen LogP) is 21.6. The average molecular weight is 1330 g/mol. The smallest absolute Gasteiger partial charge is 0.167 e. The molecule has 10 heteroatoms. The molecule has 0 saturated heterocycles. The first-order valence-electron chi connectivity index (χ1n) is 35.7. The van der Waals surface area contributed by atoms with Crippen LogP contribution in [0.1, 0.15) is 85.4 Å². The van der Waals surface area contributed by atoms with E-state index in [0.717, 1.165) is 185 Å². The molecule has 18 bridgehead atoms. The average Bonchev–Trinajstić information content (AvgIpc) is 1.53. The molecule has 6 aromatic carbocycles. The van der Waals surface area contributed by atoms with Crippen LogP contribution in [-0.4, -0.2) is 51.4 Å². The third kappa shape index (κ3) is 10.1. The van der Waals surface area contributed by atoms with Crippen LogP contribution in [0.3, 0.4) is 0 Å². The van der Waals surface area contributed by atoms with Crippen molar-refractivity contribution in [1.82, 2.24) is 39.9 Å². The second-order valence-corrected chi connectivity index (χ2v) is 29.0. The van der Waals surface area contributed by atoms with Crippen LogP contribution in [0.15, 0.2) is 218 Å². The number of benzene rings is 6. The molecule has 4 aliphatic heterocycles. The van der Waals surface area contributed by atoms with Crippen molar-refractivity contribution in [3.8, 4) is 66.8 Å². The molecule has 0 amide bonds. The second kappa shape index (κ2) is 23.5. The maximum absolute atomic E-state index is 15.2. The molecule has 20 rings (SSSR count). The van der Waals surface area contributed by atoms with Gasteiger partial charge in [-0.05, 0) is 212 Å². The van der Waals surface area contributed by atoms with E-state index in [-0.39, 0.29) is 47.1 Å². The number of aromatic nitrogens is 8. The van der Waals surface area contributed by atoms with Gasteiger partial charge >= 0.3 is 0 Å². The van der Waals surface area contributed by atoms with Gasteiger partial charge in [-0.25, -0.2) is 19.9 Å². The molecule has 2 fully saturated rings. The molecule has 10 nitrogen and oxygen atoms in total. The van der Waals surface area contributed by atoms with Gasteiger partial charge in [-0.3, -0.25) is 9.59 Å². The number of H-pyrrole nitrogens is 4. The first kappa shape index (κ1) is 60.3. The third-order valence-corrected chi connectivity index (χ3v) is 22.6. The molecule has 2 saturated carbocycles. The monoisotopic (exact) mass is 1330 g/mol. The topological polar surface area (TPSA) is 149 Å². The summed E-state index contributed by atoms with van der Waals surface area (Å²) in [6.45, 7) is 8.43. The molecular weight excluding hydrogens is 1260 g/mol. The van der Waals surface area contributed by atoms with Crippen molar-refractivity contribution < 1.29 is 9.59 Å². The number of aromatic amines is 4. The van der Waals surface area contributed by atoms with Gasteiger partial charge in [0.05, 0.1) is 45.6 Å². The number of allylic oxidation sites excluding steroid dienone is 4. The number of rotatable bonds is 8. The minimum absolute atomic E-state index is 0.00619. The summed E-state index contributed by atoms with van der Waals surface area (Å²) >= 11 is 0. The lowest BCUT2D eigenvalue weighted by Gasteiger charge is -2.31. The summed E-state index contributed by atoms with van der Waals surface area (Å²) in [5.74, 6) is 0.164. The zero-order valence-corrected chi connectivity index (χ0v) is 57.2. The van der Waals surface area contributed by atoms with Crippen LogP contribution in [0.4, 0.5) is 0 Å². The van der Waals surface area contributed by atoms with Crippen molar-refractivity contribution in [3.63, 3.8) is 0 Å². The highest BCUT2D eigenvalue weighted by Crippen LogP contribution is 2.66. The van der Waals surface area contributed by atoms with Gasteiger partial charge in [0.15, 0.2) is 11.6 Å². The summed E-state index contributed by atoms with van der Waals surface area (Å²) in [6.07, 6.45) is 22.2. The van der Waals surface area contributed by atoms with Crippen LogP contribution >= 0.6 is 0 Å². The summed E-state index contributed by atoms with van der Waals surface area (Å²) in [5, 5.41) is 0. The van der Waals surface area contributed by atoms with Gasteiger partial charge < -0.3 is 19.9 Å². The zero-order valence-electron chi connectivity index (χ0n) is 57.2. The molecule has 8 aliphatic rings. The standard InChI is InChI=1S/C93H68N8O2/c1-50-5-13-56(14-6-50)84-72-33-29-62(94-72)45-63-30-34-73(95-63)85(57-15-7-51(2)8-16-57)77-38-42-81(99-77)88(80-41-37-76(84)98-80)60-25-21-54(22-26-60)66-47-68-70-49-71(90(68)92(66)102)69-48-67(93(103)91(69)70)55-23-27-61(28-24-55)89-82-43-39-78(100-82)86(58-17-9-52(3)10-18-58)74-35-31-64(96-74)46-65-32-36-75(97-65)87(79-40-44-83(89)101-79)59-19-11-53(4)12-20-59/h5-48,68-71,90-91,94,96,99,101H,49H2,1-4H3. The molecule has 492 valence electrons. The molecule has 10 heterocycles. The van der Waals surface area contributed by atoms with E-state index in [1.54, 1.807) is 0 Å². The highest BCUT2D eigenvalue weighted by molar-refractivity contribution is 6.27. The Morgan fingerprint density at radius 1 is 0.282 bits per heavy atom. The molecule has 0 spiro atoms. The highest BCUT2D eigenvalue weighted by Gasteiger charge is 2.64. The molecule has 4 aliphatic carbocycles. The number of nitrogens with one attached hydrogen (secondary N) is 4. The van der Waals surface area contributed by atoms with E-state index in [2.05, 4.69) is 315 Å². The van der Waals surface area contributed by atoms with Crippen molar-refractivity contribution in [2.45, 2.75) is 34.1 Å². The minimum atomic E-state index is -0.174. The third-order valence-electron chi connectivity index (χ3n) is 22.6. The lowest BCUT2D eigenvalue weighted by atomic mass is 9.70. The fraction of sp³-hybridized carbons (Fsp3) is 0.118. The van der Waals surface area contributed by atoms with Crippen molar-refractivity contribution in [2.75, 3.05) is 0 Å². The second-order valence-electron chi connectivity index (χ2n) is 29.0. The first-order valence-corrected chi connectivity index (χ1v) is 35.7. The molecule has 0 radical (unpaired) electrons. The molecule has 6 atom stereocenters. The van der Waals surface area contributed by atoms with E-state index in [1.165, 1.54) is 22.3 Å². The number of carbonyl (C=O) groups excluding carboxylic acids is 2. The number of fused-ring (bicyclic) bond motifs is 24. The van der Waals surface area contributed by atoms with Crippen molar-refractivity contribution in [3.05, 3.63) is 297 Å². The first-order chi connectivity index (χ1) is 50.4. The fourth-order valence-corrected chi connectivity index (χ4v) is 17.7. The van der Waals surface area contributed by atoms with Crippen LogP contribution in [0.5, 0.6) is 0 Å². The molecule has 4 N–H and O–H groups in total. The molecule has 103 heavy (non-hydrogen) atoms. The Labute approximate surface area is 595 Å². The number of hydrogen-bond acceptors (Lipinski definition) is 6. The normalized spacial score (nSPS) is 18.8. The Kier molecular flexibility index (Phi) is 13.7. The van der Waals surface area contributed by atoms with E-state index in [1.807, 2.05) is 0 Å². The SMILES string of the molecule is Cc1ccc(-c2c3nc(c(-c4ccc(C5=CC6C7CC(C8C=C(c9ccc(-c%10c%11nc(c(-c%12ccc(C)cc%12)c%12ccc(cc%13nc(c(-c%14ccc(C)cc%14)c%14ccc%10[nH]%14)C=C%13)[nH]%12)C=C%11)cc9)C(=O)C87)C6C5=O)cc4)c4ccc([nH]4)c(-c4ccc(C)cc4)c4nc(cc5ccc2[nH]5)C=C4)C=C3)cc1. The van der Waals surface area contributed by atoms with Gasteiger partial charge in [0.1, 0.15) is 0 Å². The van der Waals surface area contributed by atoms with E-state index >= 15 is 9.59 Å². The Hall–Kier alpha value is -12.7. The maximum atomic E-state index is 15.2. The van der Waals surface area contributed by atoms with Crippen LogP contribution in [-0.2, 0) is 9.59 Å². The largest absolute Gasteiger partial charge is 0.355 e. The number of carbonyl (C=O) groups is 2. The van der Waals surface area contributed by atoms with Gasteiger partial charge in [0.2, 0.25) is 0 Å². The van der Waals surface area contributed by atoms with Crippen molar-refractivity contribution in [2.24, 2.45) is 35.5 Å². The molecular formula is C93H68N8O2. The Bertz CT molecular complexity index is 5750. The van der Waals surface area contributed by atoms with E-state index in [0.29, 0.717) is 0 Å². The van der Waals surface area contributed by atoms with Crippen LogP contribution in [0.2, 0.25) is 0 Å². The van der Waals surface area contributed by atoms with Crippen molar-refractivity contribution in [1.29, 1.82) is 0 Å². The van der Waals surface area contributed by atoms with Gasteiger partial charge in [-0.2, -0.15) is 0 Å². The highest BCUT2D eigenvalue weighted by atomic mass is 16.1. The number of Topliss-reactive ketones (excluding diaryl/α,β-unsaturated/α-hetero) is 2.